The molecule has 32 heavy (non-hydrogen) atoms. The Hall–Kier alpha value is -1.75. The molecule has 2 aliphatic rings. The molecule has 4 rings (SSSR count). The maximum absolute atomic E-state index is 11.8. The van der Waals surface area contributed by atoms with E-state index in [9.17, 15) is 4.79 Å². The van der Waals surface area contributed by atoms with Crippen molar-refractivity contribution in [2.24, 2.45) is 5.92 Å². The topological polar surface area (TPSA) is 32.8 Å². The van der Waals surface area contributed by atoms with Crippen LogP contribution in [0.1, 0.15) is 48.4 Å². The third kappa shape index (κ3) is 5.24. The predicted octanol–water partition coefficient (Wildman–Crippen LogP) is 6.24. The van der Waals surface area contributed by atoms with Gasteiger partial charge in [-0.15, -0.1) is 0 Å². The summed E-state index contributed by atoms with van der Waals surface area (Å²) in [6.45, 7) is 12.9. The lowest BCUT2D eigenvalue weighted by Crippen LogP contribution is -2.45. The zero-order valence-corrected chi connectivity index (χ0v) is 21.3. The van der Waals surface area contributed by atoms with Gasteiger partial charge in [-0.05, 0) is 61.2 Å². The van der Waals surface area contributed by atoms with E-state index in [1.165, 1.54) is 29.4 Å². The lowest BCUT2D eigenvalue weighted by atomic mass is 9.87. The Balaban J connectivity index is 0.00000141. The molecule has 4 nitrogen and oxygen atoms in total. The fourth-order valence-corrected chi connectivity index (χ4v) is 5.37. The van der Waals surface area contributed by atoms with Gasteiger partial charge < -0.3 is 9.64 Å². The molecule has 0 aliphatic carbocycles. The highest BCUT2D eigenvalue weighted by Gasteiger charge is 2.32. The number of hydrogen-bond donors (Lipinski definition) is 0. The zero-order chi connectivity index (χ0) is 23.4. The fourth-order valence-electron chi connectivity index (χ4n) is 4.73. The third-order valence-electron chi connectivity index (χ3n) is 6.51. The quantitative estimate of drug-likeness (QED) is 0.478. The number of anilines is 1. The predicted molar refractivity (Wildman–Crippen MR) is 134 cm³/mol. The molecule has 0 radical (unpaired) electrons. The Morgan fingerprint density at radius 3 is 2.22 bits per heavy atom. The number of benzene rings is 2. The first-order valence-corrected chi connectivity index (χ1v) is 12.2. The molecule has 0 aromatic heterocycles. The molecule has 0 amide bonds. The third-order valence-corrected chi connectivity index (χ3v) is 7.12. The minimum absolute atomic E-state index is 0.00693. The van der Waals surface area contributed by atoms with Crippen LogP contribution in [0.4, 0.5) is 5.69 Å². The molecule has 0 spiro atoms. The number of nitrogens with zero attached hydrogens (tertiary/aromatic N) is 2. The van der Waals surface area contributed by atoms with Gasteiger partial charge in [-0.3, -0.25) is 9.69 Å². The molecule has 2 heterocycles. The zero-order valence-electron chi connectivity index (χ0n) is 19.8. The van der Waals surface area contributed by atoms with Crippen molar-refractivity contribution in [3.63, 3.8) is 0 Å². The number of carbonyl (C=O) groups is 1. The van der Waals surface area contributed by atoms with Gasteiger partial charge in [-0.1, -0.05) is 55.2 Å². The summed E-state index contributed by atoms with van der Waals surface area (Å²) in [5, 5.41) is 1.42. The van der Waals surface area contributed by atoms with Crippen LogP contribution >= 0.6 is 23.2 Å². The van der Waals surface area contributed by atoms with E-state index in [0.29, 0.717) is 16.0 Å². The summed E-state index contributed by atoms with van der Waals surface area (Å²) >= 11 is 12.7. The van der Waals surface area contributed by atoms with Crippen molar-refractivity contribution in [1.29, 1.82) is 0 Å². The number of para-hydroxylation sites is 1. The van der Waals surface area contributed by atoms with Gasteiger partial charge >= 0.3 is 5.97 Å². The molecule has 2 aromatic rings. The Morgan fingerprint density at radius 1 is 1.06 bits per heavy atom. The number of carbonyl (C=O) groups excluding carboxylic acids is 1. The van der Waals surface area contributed by atoms with Crippen molar-refractivity contribution in [3.05, 3.63) is 62.6 Å². The first-order chi connectivity index (χ1) is 15.4. The van der Waals surface area contributed by atoms with Gasteiger partial charge in [0.05, 0.1) is 28.8 Å². The van der Waals surface area contributed by atoms with Crippen molar-refractivity contribution in [3.8, 4) is 0 Å². The first-order valence-electron chi connectivity index (χ1n) is 11.5. The van der Waals surface area contributed by atoms with Gasteiger partial charge in [0.2, 0.25) is 0 Å². The summed E-state index contributed by atoms with van der Waals surface area (Å²) in [7, 11) is 1.47. The van der Waals surface area contributed by atoms with E-state index < -0.39 is 0 Å². The number of ether oxygens (including phenoxy) is 1. The van der Waals surface area contributed by atoms with E-state index in [2.05, 4.69) is 35.8 Å². The maximum Gasteiger partial charge on any atom is 0.310 e. The van der Waals surface area contributed by atoms with Gasteiger partial charge in [-0.2, -0.15) is 0 Å². The van der Waals surface area contributed by atoms with Crippen molar-refractivity contribution >= 4 is 34.9 Å². The lowest BCUT2D eigenvalue weighted by Gasteiger charge is -2.42. The number of esters is 1. The van der Waals surface area contributed by atoms with Crippen LogP contribution in [0.25, 0.3) is 0 Å². The van der Waals surface area contributed by atoms with Crippen LogP contribution in [0.15, 0.2) is 30.3 Å². The summed E-state index contributed by atoms with van der Waals surface area (Å²) in [5.41, 5.74) is 6.33. The molecule has 1 atom stereocenters. The van der Waals surface area contributed by atoms with Gasteiger partial charge in [0, 0.05) is 32.1 Å². The van der Waals surface area contributed by atoms with Gasteiger partial charge in [0.15, 0.2) is 0 Å². The molecule has 0 bridgehead atoms. The average Bonchev–Trinajstić information content (AvgIpc) is 3.21. The van der Waals surface area contributed by atoms with Crippen molar-refractivity contribution in [2.45, 2.75) is 46.6 Å². The number of methoxy groups -OCH3 is 1. The number of halogens is 2. The molecule has 0 N–H and O–H groups in total. The summed E-state index contributed by atoms with van der Waals surface area (Å²) in [5.74, 6) is 0.404. The summed E-state index contributed by atoms with van der Waals surface area (Å²) < 4.78 is 4.91. The van der Waals surface area contributed by atoms with Gasteiger partial charge in [-0.25, -0.2) is 0 Å². The Kier molecular flexibility index (Phi) is 8.49. The van der Waals surface area contributed by atoms with E-state index in [1.807, 2.05) is 32.0 Å². The second-order valence-electron chi connectivity index (χ2n) is 8.55. The van der Waals surface area contributed by atoms with E-state index >= 15 is 0 Å². The molecule has 2 aliphatic heterocycles. The van der Waals surface area contributed by atoms with Crippen LogP contribution < -0.4 is 4.90 Å². The Morgan fingerprint density at radius 2 is 1.66 bits per heavy atom. The number of hydrogen-bond acceptors (Lipinski definition) is 4. The Bertz CT molecular complexity index is 914. The highest BCUT2D eigenvalue weighted by Crippen LogP contribution is 2.40. The molecule has 2 saturated heterocycles. The molecular weight excluding hydrogens is 443 g/mol. The standard InChI is InChI=1S/C24H28Cl2N2O2.C2H6/c1-15-9-18(19-12-28(13-19)23-21(25)5-4-6-22(23)26)10-16(2)20(15)14-27-8-7-17(11-27)24(29)30-3;1-2/h4-6,9-10,17,19H,7-8,11-14H2,1-3H3;1-2H3/t17-;/m0./s1. The lowest BCUT2D eigenvalue weighted by molar-refractivity contribution is -0.144. The molecular formula is C26H34Cl2N2O2. The highest BCUT2D eigenvalue weighted by atomic mass is 35.5. The maximum atomic E-state index is 11.8. The van der Waals surface area contributed by atoms with E-state index in [1.54, 1.807) is 0 Å². The number of likely N-dealkylation sites (tertiary alicyclic amines) is 1. The fraction of sp³-hybridized carbons (Fsp3) is 0.500. The minimum Gasteiger partial charge on any atom is -0.469 e. The van der Waals surface area contributed by atoms with Crippen molar-refractivity contribution < 1.29 is 9.53 Å². The van der Waals surface area contributed by atoms with Gasteiger partial charge in [0.1, 0.15) is 0 Å². The summed E-state index contributed by atoms with van der Waals surface area (Å²) in [6, 6.07) is 10.3. The summed E-state index contributed by atoms with van der Waals surface area (Å²) in [6.07, 6.45) is 0.880. The first kappa shape index (κ1) is 24.9. The van der Waals surface area contributed by atoms with E-state index in [-0.39, 0.29) is 11.9 Å². The molecule has 0 saturated carbocycles. The average molecular weight is 477 g/mol. The molecule has 6 heteroatoms. The number of rotatable bonds is 5. The van der Waals surface area contributed by atoms with E-state index in [4.69, 9.17) is 27.9 Å². The Labute approximate surface area is 202 Å². The largest absolute Gasteiger partial charge is 0.469 e. The monoisotopic (exact) mass is 476 g/mol. The van der Waals surface area contributed by atoms with E-state index in [0.717, 1.165) is 44.8 Å². The normalized spacial score (nSPS) is 18.7. The smallest absolute Gasteiger partial charge is 0.310 e. The molecule has 2 fully saturated rings. The number of aryl methyl sites for hydroxylation is 2. The van der Waals surface area contributed by atoms with Crippen LogP contribution in [0.3, 0.4) is 0 Å². The van der Waals surface area contributed by atoms with Crippen LogP contribution in [-0.4, -0.2) is 44.2 Å². The molecule has 0 unspecified atom stereocenters. The van der Waals surface area contributed by atoms with Crippen molar-refractivity contribution in [1.82, 2.24) is 4.90 Å². The molecule has 174 valence electrons. The van der Waals surface area contributed by atoms with Crippen molar-refractivity contribution in [2.75, 3.05) is 38.2 Å². The second-order valence-corrected chi connectivity index (χ2v) is 9.36. The SMILES string of the molecule is CC.COC(=O)[C@H]1CCN(Cc2c(C)cc(C3CN(c4c(Cl)cccc4Cl)C3)cc2C)C1. The summed E-state index contributed by atoms with van der Waals surface area (Å²) in [4.78, 5) is 16.4. The minimum atomic E-state index is -0.0885. The highest BCUT2D eigenvalue weighted by molar-refractivity contribution is 6.39. The van der Waals surface area contributed by atoms with Crippen LogP contribution in [0.5, 0.6) is 0 Å². The van der Waals surface area contributed by atoms with Crippen LogP contribution in [0, 0.1) is 19.8 Å². The van der Waals surface area contributed by atoms with Crippen LogP contribution in [-0.2, 0) is 16.1 Å². The van der Waals surface area contributed by atoms with Gasteiger partial charge in [0.25, 0.3) is 0 Å². The molecule has 2 aromatic carbocycles. The second kappa shape index (κ2) is 10.9. The van der Waals surface area contributed by atoms with Crippen LogP contribution in [0.2, 0.25) is 10.0 Å².